The number of aliphatic hydroxyl groups excluding tert-OH is 2. The molecule has 5 nitrogen and oxygen atoms in total. The van der Waals surface area contributed by atoms with E-state index in [4.69, 9.17) is 15.2 Å². The summed E-state index contributed by atoms with van der Waals surface area (Å²) in [5.41, 5.74) is 0. The van der Waals surface area contributed by atoms with Gasteiger partial charge in [-0.15, -0.1) is 0 Å². The molecule has 0 unspecified atom stereocenters. The number of hydrogen-bond donors (Lipinski definition) is 3. The Morgan fingerprint density at radius 3 is 2.00 bits per heavy atom. The maximum Gasteiger partial charge on any atom is 0.485 e. The monoisotopic (exact) mass is 207 g/mol. The van der Waals surface area contributed by atoms with E-state index in [0.717, 1.165) is 20.5 Å². The highest BCUT2D eigenvalue weighted by Crippen LogP contribution is 1.84. The van der Waals surface area contributed by atoms with Crippen molar-refractivity contribution in [1.82, 2.24) is 0 Å². The smallest absolute Gasteiger partial charge is 0.429 e. The van der Waals surface area contributed by atoms with Gasteiger partial charge in [-0.05, 0) is 6.42 Å². The summed E-state index contributed by atoms with van der Waals surface area (Å²) in [5, 5.41) is 24.1. The van der Waals surface area contributed by atoms with Crippen LogP contribution < -0.4 is 0 Å². The van der Waals surface area contributed by atoms with E-state index in [-0.39, 0.29) is 13.2 Å². The van der Waals surface area contributed by atoms with Gasteiger partial charge < -0.3 is 24.6 Å². The van der Waals surface area contributed by atoms with Crippen molar-refractivity contribution in [3.05, 3.63) is 0 Å². The van der Waals surface area contributed by atoms with Gasteiger partial charge in [0, 0.05) is 6.61 Å². The second-order valence-electron chi connectivity index (χ2n) is 2.39. The van der Waals surface area contributed by atoms with Crippen LogP contribution in [0, 0.1) is 0 Å². The van der Waals surface area contributed by atoms with E-state index in [0.29, 0.717) is 19.8 Å². The second-order valence-corrected chi connectivity index (χ2v) is 2.39. The molecule has 0 spiro atoms. The third-order valence-electron chi connectivity index (χ3n) is 1.16. The number of aliphatic hydroxyl groups is 2. The SMILES string of the molecule is CCCCO[B]O.OCCOCCO. The van der Waals surface area contributed by atoms with E-state index < -0.39 is 0 Å². The van der Waals surface area contributed by atoms with Gasteiger partial charge in [0.15, 0.2) is 0 Å². The van der Waals surface area contributed by atoms with Gasteiger partial charge in [0.05, 0.1) is 26.4 Å². The van der Waals surface area contributed by atoms with Gasteiger partial charge in [-0.1, -0.05) is 13.3 Å². The summed E-state index contributed by atoms with van der Waals surface area (Å²) in [6.07, 6.45) is 2.12. The van der Waals surface area contributed by atoms with Crippen molar-refractivity contribution in [2.45, 2.75) is 19.8 Å². The average Bonchev–Trinajstić information content (AvgIpc) is 2.21. The first-order chi connectivity index (χ1) is 6.83. The molecule has 3 N–H and O–H groups in total. The van der Waals surface area contributed by atoms with E-state index in [1.165, 1.54) is 0 Å². The summed E-state index contributed by atoms with van der Waals surface area (Å²) in [5.74, 6) is 0. The Hall–Kier alpha value is -0.135. The van der Waals surface area contributed by atoms with Crippen molar-refractivity contribution in [2.24, 2.45) is 0 Å². The first-order valence-corrected chi connectivity index (χ1v) is 4.70. The van der Waals surface area contributed by atoms with Gasteiger partial charge in [-0.3, -0.25) is 0 Å². The number of unbranched alkanes of at least 4 members (excludes halogenated alkanes) is 1. The minimum Gasteiger partial charge on any atom is -0.429 e. The van der Waals surface area contributed by atoms with Crippen molar-refractivity contribution < 1.29 is 24.6 Å². The molecule has 0 saturated heterocycles. The summed E-state index contributed by atoms with van der Waals surface area (Å²) in [6.45, 7) is 3.40. The standard InChI is InChI=1S/C4H10BO2.C4H10O3/c1-2-3-4-7-5-6;5-1-3-7-4-2-6/h6H,2-4H2,1H3;5-6H,1-4H2. The van der Waals surface area contributed by atoms with Crippen molar-refractivity contribution in [2.75, 3.05) is 33.0 Å². The topological polar surface area (TPSA) is 79.2 Å². The van der Waals surface area contributed by atoms with E-state index in [2.05, 4.69) is 16.3 Å². The molecule has 0 aromatic heterocycles. The lowest BCUT2D eigenvalue weighted by Gasteiger charge is -1.94. The minimum absolute atomic E-state index is 0.0278. The van der Waals surface area contributed by atoms with Crippen molar-refractivity contribution >= 4 is 7.69 Å². The molecule has 0 aliphatic rings. The molecule has 0 aliphatic heterocycles. The van der Waals surface area contributed by atoms with E-state index in [1.807, 2.05) is 0 Å². The number of rotatable bonds is 8. The van der Waals surface area contributed by atoms with Gasteiger partial charge in [0.25, 0.3) is 0 Å². The highest BCUT2D eigenvalue weighted by Gasteiger charge is 1.83. The van der Waals surface area contributed by atoms with E-state index >= 15 is 0 Å². The van der Waals surface area contributed by atoms with E-state index in [9.17, 15) is 0 Å². The van der Waals surface area contributed by atoms with Gasteiger partial charge in [0.1, 0.15) is 0 Å². The predicted octanol–water partition coefficient (Wildman–Crippen LogP) is -0.683. The van der Waals surface area contributed by atoms with Crippen LogP contribution >= 0.6 is 0 Å². The molecular weight excluding hydrogens is 187 g/mol. The van der Waals surface area contributed by atoms with Gasteiger partial charge in [0.2, 0.25) is 0 Å². The molecule has 1 radical (unpaired) electrons. The van der Waals surface area contributed by atoms with Crippen LogP contribution in [0.3, 0.4) is 0 Å². The maximum absolute atomic E-state index is 8.09. The van der Waals surface area contributed by atoms with Crippen LogP contribution in [0.1, 0.15) is 19.8 Å². The summed E-state index contributed by atoms with van der Waals surface area (Å²) in [7, 11) is 0.732. The van der Waals surface area contributed by atoms with Crippen LogP contribution in [0.25, 0.3) is 0 Å². The van der Waals surface area contributed by atoms with Gasteiger partial charge in [-0.25, -0.2) is 0 Å². The zero-order chi connectivity index (χ0) is 11.1. The van der Waals surface area contributed by atoms with Crippen LogP contribution in [0.4, 0.5) is 0 Å². The fourth-order valence-electron chi connectivity index (χ4n) is 0.512. The summed E-state index contributed by atoms with van der Waals surface area (Å²) < 4.78 is 9.14. The predicted molar refractivity (Wildman–Crippen MR) is 53.8 cm³/mol. The molecule has 0 atom stereocenters. The Labute approximate surface area is 86.0 Å². The molecule has 0 amide bonds. The van der Waals surface area contributed by atoms with Crippen LogP contribution in [0.15, 0.2) is 0 Å². The normalized spacial score (nSPS) is 9.14. The first kappa shape index (κ1) is 16.3. The molecule has 0 aromatic rings. The van der Waals surface area contributed by atoms with Crippen LogP contribution in [-0.2, 0) is 9.39 Å². The summed E-state index contributed by atoms with van der Waals surface area (Å²) >= 11 is 0. The molecular formula is C8H20BO5. The zero-order valence-electron chi connectivity index (χ0n) is 8.69. The van der Waals surface area contributed by atoms with E-state index in [1.54, 1.807) is 0 Å². The lowest BCUT2D eigenvalue weighted by molar-refractivity contribution is 0.0650. The van der Waals surface area contributed by atoms with Crippen LogP contribution in [0.5, 0.6) is 0 Å². The Bertz CT molecular complexity index is 66.1. The van der Waals surface area contributed by atoms with Crippen molar-refractivity contribution in [3.8, 4) is 0 Å². The first-order valence-electron chi connectivity index (χ1n) is 4.70. The molecule has 0 saturated carbocycles. The number of hydrogen-bond acceptors (Lipinski definition) is 5. The third kappa shape index (κ3) is 22.6. The summed E-state index contributed by atoms with van der Waals surface area (Å²) in [6, 6.07) is 0. The van der Waals surface area contributed by atoms with Gasteiger partial charge >= 0.3 is 7.69 Å². The van der Waals surface area contributed by atoms with Crippen LogP contribution in [0.2, 0.25) is 0 Å². The Morgan fingerprint density at radius 2 is 1.64 bits per heavy atom. The quantitative estimate of drug-likeness (QED) is 0.363. The fourth-order valence-corrected chi connectivity index (χ4v) is 0.512. The molecule has 0 aliphatic carbocycles. The molecule has 0 heterocycles. The number of ether oxygens (including phenoxy) is 1. The molecule has 14 heavy (non-hydrogen) atoms. The molecule has 0 bridgehead atoms. The third-order valence-corrected chi connectivity index (χ3v) is 1.16. The molecule has 0 fully saturated rings. The molecule has 0 aromatic carbocycles. The Balaban J connectivity index is 0. The van der Waals surface area contributed by atoms with Crippen LogP contribution in [-0.4, -0.2) is 56.0 Å². The lowest BCUT2D eigenvalue weighted by Crippen LogP contribution is -2.03. The highest BCUT2D eigenvalue weighted by molar-refractivity contribution is 6.15. The average molecular weight is 207 g/mol. The maximum atomic E-state index is 8.09. The van der Waals surface area contributed by atoms with Crippen molar-refractivity contribution in [1.29, 1.82) is 0 Å². The molecule has 6 heteroatoms. The van der Waals surface area contributed by atoms with Gasteiger partial charge in [-0.2, -0.15) is 0 Å². The fraction of sp³-hybridized carbons (Fsp3) is 1.00. The summed E-state index contributed by atoms with van der Waals surface area (Å²) in [4.78, 5) is 0. The lowest BCUT2D eigenvalue weighted by atomic mass is 10.3. The van der Waals surface area contributed by atoms with Crippen molar-refractivity contribution in [3.63, 3.8) is 0 Å². The minimum atomic E-state index is 0.0278. The molecule has 0 rings (SSSR count). The largest absolute Gasteiger partial charge is 0.485 e. The second kappa shape index (κ2) is 18.6. The highest BCUT2D eigenvalue weighted by atomic mass is 16.5. The zero-order valence-corrected chi connectivity index (χ0v) is 8.69. The molecule has 85 valence electrons. The Kier molecular flexibility index (Phi) is 21.7. The Morgan fingerprint density at radius 1 is 1.07 bits per heavy atom.